The number of halogens is 3. The Kier molecular flexibility index (Phi) is 5.97. The molecule has 1 aromatic heterocycles. The number of nitrogens with zero attached hydrogens (tertiary/aromatic N) is 3. The molecule has 1 unspecified atom stereocenters. The van der Waals surface area contributed by atoms with E-state index in [9.17, 15) is 27.9 Å². The summed E-state index contributed by atoms with van der Waals surface area (Å²) in [5.41, 5.74) is 3.14. The van der Waals surface area contributed by atoms with Crippen LogP contribution in [0.5, 0.6) is 11.5 Å². The molecule has 0 bridgehead atoms. The van der Waals surface area contributed by atoms with Crippen molar-refractivity contribution >= 4 is 28.6 Å². The lowest BCUT2D eigenvalue weighted by Crippen LogP contribution is -2.44. The number of alkyl halides is 3. The molecule has 206 valence electrons. The lowest BCUT2D eigenvalue weighted by atomic mass is 9.89. The predicted molar refractivity (Wildman–Crippen MR) is 139 cm³/mol. The quantitative estimate of drug-likeness (QED) is 0.349. The highest BCUT2D eigenvalue weighted by Gasteiger charge is 2.48. The molecule has 2 aliphatic rings. The normalized spacial score (nSPS) is 18.5. The maximum atomic E-state index is 13.9. The Labute approximate surface area is 226 Å². The first kappa shape index (κ1) is 25.7. The van der Waals surface area contributed by atoms with Gasteiger partial charge in [-0.05, 0) is 31.2 Å². The molecular formula is C29H24F3N3O5. The van der Waals surface area contributed by atoms with E-state index in [2.05, 4.69) is 4.98 Å². The highest BCUT2D eigenvalue weighted by atomic mass is 19.4. The van der Waals surface area contributed by atoms with Crippen molar-refractivity contribution in [3.8, 4) is 17.2 Å². The van der Waals surface area contributed by atoms with Crippen LogP contribution in [0.4, 0.5) is 18.9 Å². The Balaban J connectivity index is 1.44. The number of carboxylic acids is 1. The highest BCUT2D eigenvalue weighted by Crippen LogP contribution is 2.46. The number of benzene rings is 3. The standard InChI is InChI=1S/C29H24F3N3O5/c1-15(27(36)37)20-13-39-25-12-17(10-11-18(20)25)35(28(38)29(30,31)32)24-14-40-26-19(24)6-5-9-23(26)34-16(2)33-21-7-3-4-8-22(21)34/h3-12,15,20,24H,13-14H2,1-2H3,(H,36,37)/t15?,20-,24-/m0/s1. The van der Waals surface area contributed by atoms with Gasteiger partial charge >= 0.3 is 18.1 Å². The molecule has 3 heterocycles. The molecule has 0 aliphatic carbocycles. The minimum absolute atomic E-state index is 0.0270. The summed E-state index contributed by atoms with van der Waals surface area (Å²) in [5.74, 6) is -2.97. The molecule has 40 heavy (non-hydrogen) atoms. The van der Waals surface area contributed by atoms with Gasteiger partial charge in [-0.3, -0.25) is 19.1 Å². The van der Waals surface area contributed by atoms with Crippen LogP contribution in [0.3, 0.4) is 0 Å². The first-order chi connectivity index (χ1) is 19.1. The lowest BCUT2D eigenvalue weighted by molar-refractivity contribution is -0.171. The molecule has 1 amide bonds. The zero-order chi connectivity index (χ0) is 28.3. The summed E-state index contributed by atoms with van der Waals surface area (Å²) in [7, 11) is 0. The number of amides is 1. The molecule has 4 aromatic rings. The van der Waals surface area contributed by atoms with Crippen LogP contribution in [0.25, 0.3) is 16.7 Å². The van der Waals surface area contributed by atoms with Crippen molar-refractivity contribution in [3.63, 3.8) is 0 Å². The molecule has 0 fully saturated rings. The first-order valence-electron chi connectivity index (χ1n) is 12.7. The largest absolute Gasteiger partial charge is 0.493 e. The van der Waals surface area contributed by atoms with Crippen LogP contribution >= 0.6 is 0 Å². The molecule has 3 aromatic carbocycles. The molecule has 2 aliphatic heterocycles. The Morgan fingerprint density at radius 1 is 1.05 bits per heavy atom. The number of aryl methyl sites for hydroxylation is 1. The van der Waals surface area contributed by atoms with Gasteiger partial charge in [-0.1, -0.05) is 37.3 Å². The van der Waals surface area contributed by atoms with Crippen molar-refractivity contribution in [2.24, 2.45) is 5.92 Å². The molecule has 0 radical (unpaired) electrons. The van der Waals surface area contributed by atoms with Crippen LogP contribution < -0.4 is 14.4 Å². The second-order valence-electron chi connectivity index (χ2n) is 9.94. The molecule has 3 atom stereocenters. The number of fused-ring (bicyclic) bond motifs is 3. The van der Waals surface area contributed by atoms with E-state index in [0.717, 1.165) is 11.0 Å². The van der Waals surface area contributed by atoms with Gasteiger partial charge in [0.25, 0.3) is 0 Å². The van der Waals surface area contributed by atoms with Gasteiger partial charge in [-0.2, -0.15) is 13.2 Å². The average Bonchev–Trinajstić information content (AvgIpc) is 3.62. The first-order valence-corrected chi connectivity index (χ1v) is 12.7. The van der Waals surface area contributed by atoms with Crippen LogP contribution in [0.15, 0.2) is 60.7 Å². The maximum absolute atomic E-state index is 13.9. The summed E-state index contributed by atoms with van der Waals surface area (Å²) in [6.07, 6.45) is -5.16. The number of aromatic nitrogens is 2. The molecule has 11 heteroatoms. The van der Waals surface area contributed by atoms with Crippen LogP contribution in [-0.2, 0) is 9.59 Å². The number of carboxylic acid groups (broad SMARTS) is 1. The Bertz CT molecular complexity index is 1660. The van der Waals surface area contributed by atoms with Gasteiger partial charge in [0.1, 0.15) is 23.9 Å². The van der Waals surface area contributed by atoms with E-state index in [1.54, 1.807) is 25.1 Å². The van der Waals surface area contributed by atoms with E-state index in [1.807, 2.05) is 35.8 Å². The van der Waals surface area contributed by atoms with Crippen molar-refractivity contribution < 1.29 is 37.3 Å². The fourth-order valence-electron chi connectivity index (χ4n) is 5.59. The lowest BCUT2D eigenvalue weighted by Gasteiger charge is -2.29. The van der Waals surface area contributed by atoms with E-state index in [1.165, 1.54) is 18.2 Å². The maximum Gasteiger partial charge on any atom is 0.471 e. The molecule has 6 rings (SSSR count). The smallest absolute Gasteiger partial charge is 0.471 e. The van der Waals surface area contributed by atoms with Crippen molar-refractivity contribution in [1.29, 1.82) is 0 Å². The van der Waals surface area contributed by atoms with Crippen molar-refractivity contribution in [1.82, 2.24) is 9.55 Å². The van der Waals surface area contributed by atoms with E-state index in [4.69, 9.17) is 9.47 Å². The molecule has 0 saturated heterocycles. The Hall–Kier alpha value is -4.54. The number of para-hydroxylation sites is 3. The monoisotopic (exact) mass is 551 g/mol. The molecule has 1 N–H and O–H groups in total. The van der Waals surface area contributed by atoms with Crippen molar-refractivity contribution in [2.75, 3.05) is 18.1 Å². The fourth-order valence-corrected chi connectivity index (χ4v) is 5.59. The minimum Gasteiger partial charge on any atom is -0.493 e. The van der Waals surface area contributed by atoms with Crippen LogP contribution in [0.2, 0.25) is 0 Å². The van der Waals surface area contributed by atoms with Gasteiger partial charge < -0.3 is 14.6 Å². The van der Waals surface area contributed by atoms with Gasteiger partial charge in [-0.25, -0.2) is 4.98 Å². The molecule has 0 spiro atoms. The van der Waals surface area contributed by atoms with Gasteiger partial charge in [0.05, 0.1) is 35.3 Å². The number of imidazole rings is 1. The highest BCUT2D eigenvalue weighted by molar-refractivity contribution is 5.98. The second-order valence-corrected chi connectivity index (χ2v) is 9.94. The molecule has 8 nitrogen and oxygen atoms in total. The third-order valence-corrected chi connectivity index (χ3v) is 7.60. The van der Waals surface area contributed by atoms with Gasteiger partial charge in [-0.15, -0.1) is 0 Å². The summed E-state index contributed by atoms with van der Waals surface area (Å²) in [6, 6.07) is 15.9. The third kappa shape index (κ3) is 4.04. The summed E-state index contributed by atoms with van der Waals surface area (Å²) in [4.78, 5) is 29.7. The Morgan fingerprint density at radius 3 is 2.58 bits per heavy atom. The second kappa shape index (κ2) is 9.29. The number of hydrogen-bond donors (Lipinski definition) is 1. The van der Waals surface area contributed by atoms with Crippen LogP contribution in [0.1, 0.15) is 35.8 Å². The summed E-state index contributed by atoms with van der Waals surface area (Å²) in [6.45, 7) is 3.26. The number of carbonyl (C=O) groups is 2. The van der Waals surface area contributed by atoms with E-state index >= 15 is 0 Å². The summed E-state index contributed by atoms with van der Waals surface area (Å²) in [5, 5.41) is 9.42. The van der Waals surface area contributed by atoms with Crippen molar-refractivity contribution in [3.05, 3.63) is 77.6 Å². The van der Waals surface area contributed by atoms with Crippen molar-refractivity contribution in [2.45, 2.75) is 32.0 Å². The zero-order valence-electron chi connectivity index (χ0n) is 21.5. The van der Waals surface area contributed by atoms with Gasteiger partial charge in [0, 0.05) is 28.8 Å². The zero-order valence-corrected chi connectivity index (χ0v) is 21.5. The van der Waals surface area contributed by atoms with E-state index in [-0.39, 0.29) is 24.7 Å². The SMILES string of the molecule is Cc1nc2ccccc2n1-c1cccc2c1OC[C@@H]2N(C(=O)C(F)(F)F)c1ccc2c(c1)OC[C@H]2C(C)C(=O)O. The summed E-state index contributed by atoms with van der Waals surface area (Å²) < 4.78 is 55.3. The van der Waals surface area contributed by atoms with E-state index in [0.29, 0.717) is 33.3 Å². The van der Waals surface area contributed by atoms with Gasteiger partial charge in [0.15, 0.2) is 0 Å². The number of rotatable bonds is 5. The fraction of sp³-hybridized carbons (Fsp3) is 0.276. The number of anilines is 1. The van der Waals surface area contributed by atoms with Crippen LogP contribution in [-0.4, -0.2) is 45.9 Å². The third-order valence-electron chi connectivity index (χ3n) is 7.60. The number of ether oxygens (including phenoxy) is 2. The summed E-state index contributed by atoms with van der Waals surface area (Å²) >= 11 is 0. The number of aliphatic carboxylic acids is 1. The average molecular weight is 552 g/mol. The molecular weight excluding hydrogens is 527 g/mol. The molecule has 0 saturated carbocycles. The number of carbonyl (C=O) groups excluding carboxylic acids is 1. The topological polar surface area (TPSA) is 93.9 Å². The predicted octanol–water partition coefficient (Wildman–Crippen LogP) is 5.56. The van der Waals surface area contributed by atoms with Gasteiger partial charge in [0.2, 0.25) is 0 Å². The van der Waals surface area contributed by atoms with Crippen LogP contribution in [0, 0.1) is 12.8 Å². The minimum atomic E-state index is -5.16. The Morgan fingerprint density at radius 2 is 1.82 bits per heavy atom. The van der Waals surface area contributed by atoms with E-state index < -0.39 is 35.9 Å². The number of hydrogen-bond acceptors (Lipinski definition) is 5.